The van der Waals surface area contributed by atoms with Crippen molar-refractivity contribution in [1.82, 2.24) is 19.5 Å². The molecule has 3 heterocycles. The van der Waals surface area contributed by atoms with Gasteiger partial charge in [0.1, 0.15) is 5.82 Å². The SMILES string of the molecule is COc1cc2c(cc1OC)CN(C(=O)COC(=O)c1ccc3nnc(C)n3c1)CC2. The maximum absolute atomic E-state index is 12.6. The lowest BCUT2D eigenvalue weighted by atomic mass is 9.99. The second-order valence-electron chi connectivity index (χ2n) is 7.01. The molecule has 156 valence electrons. The quantitative estimate of drug-likeness (QED) is 0.592. The first kappa shape index (κ1) is 19.7. The summed E-state index contributed by atoms with van der Waals surface area (Å²) in [5.41, 5.74) is 3.08. The monoisotopic (exact) mass is 410 g/mol. The fourth-order valence-electron chi connectivity index (χ4n) is 3.52. The topological polar surface area (TPSA) is 95.3 Å². The molecule has 9 heteroatoms. The van der Waals surface area contributed by atoms with E-state index in [9.17, 15) is 9.59 Å². The Morgan fingerprint density at radius 2 is 1.80 bits per heavy atom. The van der Waals surface area contributed by atoms with Gasteiger partial charge in [0, 0.05) is 19.3 Å². The fourth-order valence-corrected chi connectivity index (χ4v) is 3.52. The van der Waals surface area contributed by atoms with E-state index in [2.05, 4.69) is 10.2 Å². The summed E-state index contributed by atoms with van der Waals surface area (Å²) in [5.74, 6) is 1.14. The highest BCUT2D eigenvalue weighted by atomic mass is 16.5. The van der Waals surface area contributed by atoms with Crippen molar-refractivity contribution in [3.05, 3.63) is 53.0 Å². The Morgan fingerprint density at radius 1 is 1.07 bits per heavy atom. The molecule has 0 N–H and O–H groups in total. The molecule has 0 bridgehead atoms. The zero-order valence-electron chi connectivity index (χ0n) is 17.0. The van der Waals surface area contributed by atoms with Gasteiger partial charge in [-0.3, -0.25) is 9.20 Å². The molecule has 0 unspecified atom stereocenters. The van der Waals surface area contributed by atoms with Gasteiger partial charge in [-0.05, 0) is 48.7 Å². The Labute approximate surface area is 173 Å². The lowest BCUT2D eigenvalue weighted by molar-refractivity contribution is -0.135. The minimum absolute atomic E-state index is 0.245. The van der Waals surface area contributed by atoms with E-state index < -0.39 is 5.97 Å². The van der Waals surface area contributed by atoms with E-state index in [-0.39, 0.29) is 12.5 Å². The molecule has 9 nitrogen and oxygen atoms in total. The van der Waals surface area contributed by atoms with Gasteiger partial charge < -0.3 is 19.1 Å². The van der Waals surface area contributed by atoms with Crippen LogP contribution in [0.5, 0.6) is 11.5 Å². The van der Waals surface area contributed by atoms with Gasteiger partial charge in [0.15, 0.2) is 23.8 Å². The number of amides is 1. The average Bonchev–Trinajstić information content (AvgIpc) is 3.15. The van der Waals surface area contributed by atoms with Crippen LogP contribution in [0.4, 0.5) is 0 Å². The van der Waals surface area contributed by atoms with Crippen molar-refractivity contribution < 1.29 is 23.8 Å². The van der Waals surface area contributed by atoms with Crippen LogP contribution in [0.1, 0.15) is 27.3 Å². The maximum atomic E-state index is 12.6. The second kappa shape index (κ2) is 8.02. The highest BCUT2D eigenvalue weighted by Crippen LogP contribution is 2.33. The zero-order chi connectivity index (χ0) is 21.3. The summed E-state index contributed by atoms with van der Waals surface area (Å²) >= 11 is 0. The van der Waals surface area contributed by atoms with Crippen LogP contribution in [0.15, 0.2) is 30.5 Å². The molecule has 0 saturated heterocycles. The van der Waals surface area contributed by atoms with Crippen molar-refractivity contribution in [3.63, 3.8) is 0 Å². The van der Waals surface area contributed by atoms with E-state index in [1.54, 1.807) is 48.8 Å². The van der Waals surface area contributed by atoms with Crippen molar-refractivity contribution in [2.24, 2.45) is 0 Å². The molecule has 0 spiro atoms. The fraction of sp³-hybridized carbons (Fsp3) is 0.333. The molecule has 30 heavy (non-hydrogen) atoms. The van der Waals surface area contributed by atoms with E-state index in [0.29, 0.717) is 48.0 Å². The molecular weight excluding hydrogens is 388 g/mol. The summed E-state index contributed by atoms with van der Waals surface area (Å²) in [4.78, 5) is 26.7. The van der Waals surface area contributed by atoms with E-state index in [4.69, 9.17) is 14.2 Å². The zero-order valence-corrected chi connectivity index (χ0v) is 17.0. The third-order valence-corrected chi connectivity index (χ3v) is 5.21. The average molecular weight is 410 g/mol. The summed E-state index contributed by atoms with van der Waals surface area (Å²) in [6.45, 7) is 2.45. The van der Waals surface area contributed by atoms with Crippen LogP contribution in [0.2, 0.25) is 0 Å². The Kier molecular flexibility index (Phi) is 5.26. The van der Waals surface area contributed by atoms with Crippen LogP contribution < -0.4 is 9.47 Å². The molecule has 1 amide bonds. The molecule has 1 aromatic carbocycles. The van der Waals surface area contributed by atoms with Gasteiger partial charge >= 0.3 is 5.97 Å². The molecule has 0 radical (unpaired) electrons. The van der Waals surface area contributed by atoms with Gasteiger partial charge in [-0.2, -0.15) is 0 Å². The number of esters is 1. The molecule has 1 aliphatic rings. The van der Waals surface area contributed by atoms with Crippen LogP contribution in [0.25, 0.3) is 5.65 Å². The predicted molar refractivity (Wildman–Crippen MR) is 107 cm³/mol. The van der Waals surface area contributed by atoms with Gasteiger partial charge in [-0.15, -0.1) is 10.2 Å². The minimum atomic E-state index is -0.567. The molecule has 0 fully saturated rings. The minimum Gasteiger partial charge on any atom is -0.493 e. The van der Waals surface area contributed by atoms with Crippen LogP contribution in [-0.2, 0) is 22.5 Å². The molecule has 4 rings (SSSR count). The van der Waals surface area contributed by atoms with Gasteiger partial charge in [-0.1, -0.05) is 0 Å². The van der Waals surface area contributed by atoms with Gasteiger partial charge in [0.25, 0.3) is 5.91 Å². The number of aryl methyl sites for hydroxylation is 1. The van der Waals surface area contributed by atoms with Crippen LogP contribution in [0.3, 0.4) is 0 Å². The number of carbonyl (C=O) groups excluding carboxylic acids is 2. The number of fused-ring (bicyclic) bond motifs is 2. The summed E-state index contributed by atoms with van der Waals surface area (Å²) in [5, 5.41) is 7.94. The molecule has 0 saturated carbocycles. The number of rotatable bonds is 5. The highest BCUT2D eigenvalue weighted by Gasteiger charge is 2.24. The first-order chi connectivity index (χ1) is 14.5. The number of hydrogen-bond donors (Lipinski definition) is 0. The Morgan fingerprint density at radius 3 is 2.53 bits per heavy atom. The molecule has 3 aromatic rings. The summed E-state index contributed by atoms with van der Waals surface area (Å²) in [6.07, 6.45) is 2.30. The number of hydrogen-bond acceptors (Lipinski definition) is 7. The van der Waals surface area contributed by atoms with Gasteiger partial charge in [0.2, 0.25) is 0 Å². The van der Waals surface area contributed by atoms with Crippen molar-refractivity contribution in [3.8, 4) is 11.5 Å². The first-order valence-corrected chi connectivity index (χ1v) is 9.50. The largest absolute Gasteiger partial charge is 0.493 e. The molecule has 2 aromatic heterocycles. The van der Waals surface area contributed by atoms with E-state index in [0.717, 1.165) is 11.1 Å². The van der Waals surface area contributed by atoms with Crippen LogP contribution in [-0.4, -0.2) is 58.7 Å². The Hall–Kier alpha value is -3.62. The molecule has 0 atom stereocenters. The van der Waals surface area contributed by atoms with E-state index in [1.807, 2.05) is 12.1 Å². The van der Waals surface area contributed by atoms with Crippen molar-refractivity contribution in [1.29, 1.82) is 0 Å². The standard InChI is InChI=1S/C21H22N4O5/c1-13-22-23-19-5-4-15(11-25(13)19)21(27)30-12-20(26)24-7-6-14-8-17(28-2)18(29-3)9-16(14)10-24/h4-5,8-9,11H,6-7,10,12H2,1-3H3. The molecule has 0 aliphatic carbocycles. The predicted octanol–water partition coefficient (Wildman–Crippen LogP) is 1.80. The Balaban J connectivity index is 1.40. The number of methoxy groups -OCH3 is 2. The smallest absolute Gasteiger partial charge is 0.340 e. The van der Waals surface area contributed by atoms with Gasteiger partial charge in [0.05, 0.1) is 19.8 Å². The lowest BCUT2D eigenvalue weighted by Gasteiger charge is -2.29. The number of pyridine rings is 1. The van der Waals surface area contributed by atoms with E-state index >= 15 is 0 Å². The highest BCUT2D eigenvalue weighted by molar-refractivity contribution is 5.91. The maximum Gasteiger partial charge on any atom is 0.340 e. The first-order valence-electron chi connectivity index (χ1n) is 9.50. The van der Waals surface area contributed by atoms with Crippen LogP contribution >= 0.6 is 0 Å². The summed E-state index contributed by atoms with van der Waals surface area (Å²) in [6, 6.07) is 7.12. The third kappa shape index (κ3) is 3.66. The lowest BCUT2D eigenvalue weighted by Crippen LogP contribution is -2.38. The third-order valence-electron chi connectivity index (χ3n) is 5.21. The normalized spacial score (nSPS) is 13.1. The number of benzene rings is 1. The van der Waals surface area contributed by atoms with Crippen molar-refractivity contribution in [2.45, 2.75) is 19.9 Å². The van der Waals surface area contributed by atoms with E-state index in [1.165, 1.54) is 0 Å². The summed E-state index contributed by atoms with van der Waals surface area (Å²) < 4.78 is 17.6. The van der Waals surface area contributed by atoms with Crippen molar-refractivity contribution in [2.75, 3.05) is 27.4 Å². The number of carbonyl (C=O) groups is 2. The Bertz CT molecular complexity index is 1120. The molecule has 1 aliphatic heterocycles. The van der Waals surface area contributed by atoms with Gasteiger partial charge in [-0.25, -0.2) is 4.79 Å². The number of aromatic nitrogens is 3. The van der Waals surface area contributed by atoms with Crippen molar-refractivity contribution >= 4 is 17.5 Å². The van der Waals surface area contributed by atoms with Crippen LogP contribution in [0, 0.1) is 6.92 Å². The molecular formula is C21H22N4O5. The summed E-state index contributed by atoms with van der Waals surface area (Å²) in [7, 11) is 3.17. The second-order valence-corrected chi connectivity index (χ2v) is 7.01. The number of nitrogens with zero attached hydrogens (tertiary/aromatic N) is 4. The number of ether oxygens (including phenoxy) is 3.